The molecule has 17 heavy (non-hydrogen) atoms. The molecule has 1 saturated heterocycles. The number of aliphatic hydroxyl groups excluding tert-OH is 1. The highest BCUT2D eigenvalue weighted by Crippen LogP contribution is 2.28. The lowest BCUT2D eigenvalue weighted by molar-refractivity contribution is 0.165. The van der Waals surface area contributed by atoms with E-state index in [1.807, 2.05) is 0 Å². The molecule has 1 aromatic carbocycles. The quantitative estimate of drug-likeness (QED) is 0.775. The standard InChI is InChI=1S/C14H20N2O/c17-14-10-15-9-11-4-5-12(8-13(11)14)16-6-2-1-3-7-16/h4-5,8,14-15,17H,1-3,6-7,9-10H2. The van der Waals surface area contributed by atoms with Crippen molar-refractivity contribution in [3.05, 3.63) is 29.3 Å². The maximum absolute atomic E-state index is 10.0. The van der Waals surface area contributed by atoms with E-state index in [0.717, 1.165) is 25.2 Å². The van der Waals surface area contributed by atoms with E-state index in [4.69, 9.17) is 0 Å². The number of rotatable bonds is 1. The third-order valence-electron chi connectivity index (χ3n) is 3.86. The van der Waals surface area contributed by atoms with Crippen molar-refractivity contribution < 1.29 is 5.11 Å². The predicted molar refractivity (Wildman–Crippen MR) is 69.2 cm³/mol. The summed E-state index contributed by atoms with van der Waals surface area (Å²) in [5.74, 6) is 0. The molecule has 3 rings (SSSR count). The molecule has 0 radical (unpaired) electrons. The van der Waals surface area contributed by atoms with Crippen molar-refractivity contribution in [3.8, 4) is 0 Å². The Bertz CT molecular complexity index is 399. The van der Waals surface area contributed by atoms with Crippen molar-refractivity contribution in [2.75, 3.05) is 24.5 Å². The summed E-state index contributed by atoms with van der Waals surface area (Å²) in [5, 5.41) is 13.2. The van der Waals surface area contributed by atoms with Gasteiger partial charge in [0.1, 0.15) is 0 Å². The maximum Gasteiger partial charge on any atom is 0.0918 e. The van der Waals surface area contributed by atoms with Crippen molar-refractivity contribution in [1.29, 1.82) is 0 Å². The van der Waals surface area contributed by atoms with E-state index in [-0.39, 0.29) is 6.10 Å². The third kappa shape index (κ3) is 2.17. The number of fused-ring (bicyclic) bond motifs is 1. The lowest BCUT2D eigenvalue weighted by atomic mass is 9.97. The molecule has 1 atom stereocenters. The molecule has 3 nitrogen and oxygen atoms in total. The monoisotopic (exact) mass is 232 g/mol. The Labute approximate surface area is 102 Å². The molecule has 1 unspecified atom stereocenters. The van der Waals surface area contributed by atoms with Gasteiger partial charge in [-0.15, -0.1) is 0 Å². The van der Waals surface area contributed by atoms with Gasteiger partial charge in [0.2, 0.25) is 0 Å². The van der Waals surface area contributed by atoms with Gasteiger partial charge in [-0.2, -0.15) is 0 Å². The highest BCUT2D eigenvalue weighted by molar-refractivity contribution is 5.52. The summed E-state index contributed by atoms with van der Waals surface area (Å²) in [4.78, 5) is 2.44. The van der Waals surface area contributed by atoms with Crippen LogP contribution in [0.5, 0.6) is 0 Å². The highest BCUT2D eigenvalue weighted by Gasteiger charge is 2.19. The van der Waals surface area contributed by atoms with E-state index in [1.54, 1.807) is 0 Å². The number of aliphatic hydroxyl groups is 1. The fourth-order valence-electron chi connectivity index (χ4n) is 2.86. The molecule has 2 aliphatic heterocycles. The smallest absolute Gasteiger partial charge is 0.0918 e. The van der Waals surface area contributed by atoms with E-state index in [1.165, 1.54) is 30.5 Å². The Morgan fingerprint density at radius 3 is 2.82 bits per heavy atom. The van der Waals surface area contributed by atoms with Gasteiger partial charge >= 0.3 is 0 Å². The van der Waals surface area contributed by atoms with Gasteiger partial charge in [0.05, 0.1) is 6.10 Å². The topological polar surface area (TPSA) is 35.5 Å². The average Bonchev–Trinajstić information content (AvgIpc) is 2.40. The van der Waals surface area contributed by atoms with Crippen LogP contribution in [0.15, 0.2) is 18.2 Å². The Kier molecular flexibility index (Phi) is 3.04. The van der Waals surface area contributed by atoms with Crippen LogP contribution in [-0.4, -0.2) is 24.7 Å². The summed E-state index contributed by atoms with van der Waals surface area (Å²) >= 11 is 0. The van der Waals surface area contributed by atoms with Crippen LogP contribution in [0.1, 0.15) is 36.5 Å². The molecule has 0 saturated carbocycles. The summed E-state index contributed by atoms with van der Waals surface area (Å²) in [6, 6.07) is 6.55. The van der Waals surface area contributed by atoms with E-state index in [0.29, 0.717) is 6.54 Å². The molecular formula is C14H20N2O. The molecule has 92 valence electrons. The third-order valence-corrected chi connectivity index (χ3v) is 3.86. The van der Waals surface area contributed by atoms with Gasteiger partial charge in [-0.1, -0.05) is 6.07 Å². The van der Waals surface area contributed by atoms with Crippen LogP contribution in [0.25, 0.3) is 0 Å². The van der Waals surface area contributed by atoms with E-state index in [9.17, 15) is 5.11 Å². The Hall–Kier alpha value is -1.06. The SMILES string of the molecule is OC1CNCc2ccc(N3CCCCC3)cc21. The predicted octanol–water partition coefficient (Wildman–Crippen LogP) is 1.81. The summed E-state index contributed by atoms with van der Waals surface area (Å²) in [6.07, 6.45) is 3.60. The van der Waals surface area contributed by atoms with Crippen LogP contribution in [0.3, 0.4) is 0 Å². The fourth-order valence-corrected chi connectivity index (χ4v) is 2.86. The van der Waals surface area contributed by atoms with Gasteiger partial charge in [-0.25, -0.2) is 0 Å². The van der Waals surface area contributed by atoms with Gasteiger partial charge in [-0.05, 0) is 42.5 Å². The van der Waals surface area contributed by atoms with Crippen LogP contribution in [0, 0.1) is 0 Å². The second-order valence-corrected chi connectivity index (χ2v) is 5.08. The van der Waals surface area contributed by atoms with Crippen molar-refractivity contribution >= 4 is 5.69 Å². The molecule has 0 amide bonds. The number of hydrogen-bond donors (Lipinski definition) is 2. The molecule has 2 N–H and O–H groups in total. The molecule has 0 aromatic heterocycles. The number of anilines is 1. The molecule has 0 bridgehead atoms. The zero-order chi connectivity index (χ0) is 11.7. The number of piperidine rings is 1. The molecule has 0 spiro atoms. The van der Waals surface area contributed by atoms with Crippen molar-refractivity contribution in [2.45, 2.75) is 31.9 Å². The van der Waals surface area contributed by atoms with Gasteiger partial charge in [0.15, 0.2) is 0 Å². The molecule has 3 heteroatoms. The second kappa shape index (κ2) is 4.67. The number of nitrogens with zero attached hydrogens (tertiary/aromatic N) is 1. The van der Waals surface area contributed by atoms with E-state index < -0.39 is 0 Å². The Balaban J connectivity index is 1.88. The minimum Gasteiger partial charge on any atom is -0.387 e. The first-order valence-electron chi connectivity index (χ1n) is 6.61. The minimum atomic E-state index is -0.344. The van der Waals surface area contributed by atoms with Crippen molar-refractivity contribution in [1.82, 2.24) is 5.32 Å². The number of hydrogen-bond acceptors (Lipinski definition) is 3. The molecule has 2 heterocycles. The van der Waals surface area contributed by atoms with Crippen LogP contribution in [-0.2, 0) is 6.54 Å². The Morgan fingerprint density at radius 1 is 1.18 bits per heavy atom. The normalized spacial score (nSPS) is 24.5. The van der Waals surface area contributed by atoms with Gasteiger partial charge in [0.25, 0.3) is 0 Å². The van der Waals surface area contributed by atoms with Crippen LogP contribution in [0.4, 0.5) is 5.69 Å². The molecular weight excluding hydrogens is 212 g/mol. The van der Waals surface area contributed by atoms with Gasteiger partial charge in [-0.3, -0.25) is 0 Å². The molecule has 1 fully saturated rings. The molecule has 1 aromatic rings. The summed E-state index contributed by atoms with van der Waals surface area (Å²) < 4.78 is 0. The van der Waals surface area contributed by atoms with E-state index in [2.05, 4.69) is 28.4 Å². The zero-order valence-electron chi connectivity index (χ0n) is 10.2. The van der Waals surface area contributed by atoms with Gasteiger partial charge in [0, 0.05) is 31.9 Å². The summed E-state index contributed by atoms with van der Waals surface area (Å²) in [7, 11) is 0. The van der Waals surface area contributed by atoms with Crippen molar-refractivity contribution in [2.24, 2.45) is 0 Å². The second-order valence-electron chi connectivity index (χ2n) is 5.08. The van der Waals surface area contributed by atoms with Crippen LogP contribution >= 0.6 is 0 Å². The van der Waals surface area contributed by atoms with Crippen molar-refractivity contribution in [3.63, 3.8) is 0 Å². The summed E-state index contributed by atoms with van der Waals surface area (Å²) in [5.41, 5.74) is 3.64. The average molecular weight is 232 g/mol. The first-order valence-corrected chi connectivity index (χ1v) is 6.61. The minimum absolute atomic E-state index is 0.344. The van der Waals surface area contributed by atoms with Crippen LogP contribution < -0.4 is 10.2 Å². The largest absolute Gasteiger partial charge is 0.387 e. The molecule has 2 aliphatic rings. The first kappa shape index (κ1) is 11.1. The lowest BCUT2D eigenvalue weighted by Crippen LogP contribution is -2.31. The number of nitrogens with one attached hydrogen (secondary N) is 1. The van der Waals surface area contributed by atoms with Gasteiger partial charge < -0.3 is 15.3 Å². The highest BCUT2D eigenvalue weighted by atomic mass is 16.3. The number of benzene rings is 1. The first-order chi connectivity index (χ1) is 8.34. The lowest BCUT2D eigenvalue weighted by Gasteiger charge is -2.31. The fraction of sp³-hybridized carbons (Fsp3) is 0.571. The summed E-state index contributed by atoms with van der Waals surface area (Å²) in [6.45, 7) is 3.88. The van der Waals surface area contributed by atoms with E-state index >= 15 is 0 Å². The zero-order valence-corrected chi connectivity index (χ0v) is 10.2. The maximum atomic E-state index is 10.0. The Morgan fingerprint density at radius 2 is 2.00 bits per heavy atom. The number of β-amino-alcohol motifs (C(OH)–C–C–N with tert-alkyl or cyclic N) is 1. The van der Waals surface area contributed by atoms with Crippen LogP contribution in [0.2, 0.25) is 0 Å². The molecule has 0 aliphatic carbocycles.